The van der Waals surface area contributed by atoms with Gasteiger partial charge in [-0.2, -0.15) is 0 Å². The highest BCUT2D eigenvalue weighted by molar-refractivity contribution is 7.99. The molecule has 0 amide bonds. The Balaban J connectivity index is 1.97. The van der Waals surface area contributed by atoms with Gasteiger partial charge in [0.25, 0.3) is 0 Å². The molecule has 0 fully saturated rings. The second-order valence-corrected chi connectivity index (χ2v) is 8.17. The van der Waals surface area contributed by atoms with Gasteiger partial charge in [0.1, 0.15) is 17.3 Å². The lowest BCUT2D eigenvalue weighted by molar-refractivity contribution is 0.0530. The van der Waals surface area contributed by atoms with Crippen LogP contribution in [0.1, 0.15) is 10.4 Å². The van der Waals surface area contributed by atoms with Crippen molar-refractivity contribution in [3.05, 3.63) is 58.9 Å². The van der Waals surface area contributed by atoms with Gasteiger partial charge in [-0.3, -0.25) is 0 Å². The first kappa shape index (κ1) is 19.7. The van der Waals surface area contributed by atoms with Crippen LogP contribution in [-0.4, -0.2) is 33.8 Å². The number of hydrogen-bond donors (Lipinski definition) is 1. The van der Waals surface area contributed by atoms with E-state index < -0.39 is 16.0 Å². The van der Waals surface area contributed by atoms with E-state index in [-0.39, 0.29) is 27.9 Å². The van der Waals surface area contributed by atoms with Crippen molar-refractivity contribution in [1.82, 2.24) is 4.72 Å². The van der Waals surface area contributed by atoms with Gasteiger partial charge < -0.3 is 4.74 Å². The van der Waals surface area contributed by atoms with E-state index >= 15 is 0 Å². The maximum Gasteiger partial charge on any atom is 0.338 e. The van der Waals surface area contributed by atoms with Crippen LogP contribution in [0.2, 0.25) is 5.02 Å². The normalized spacial score (nSPS) is 11.3. The molecule has 134 valence electrons. The lowest BCUT2D eigenvalue weighted by Crippen LogP contribution is -2.19. The second-order valence-electron chi connectivity index (χ2n) is 4.77. The predicted molar refractivity (Wildman–Crippen MR) is 95.1 cm³/mol. The van der Waals surface area contributed by atoms with E-state index in [4.69, 9.17) is 16.3 Å². The first-order valence-electron chi connectivity index (χ1n) is 7.12. The molecule has 0 heterocycles. The Kier molecular flexibility index (Phi) is 6.83. The van der Waals surface area contributed by atoms with Gasteiger partial charge in [0.15, 0.2) is 0 Å². The van der Waals surface area contributed by atoms with Crippen molar-refractivity contribution >= 4 is 39.4 Å². The summed E-state index contributed by atoms with van der Waals surface area (Å²) in [4.78, 5) is 12.3. The molecule has 0 aromatic heterocycles. The zero-order valence-corrected chi connectivity index (χ0v) is 15.6. The van der Waals surface area contributed by atoms with Crippen molar-refractivity contribution in [2.75, 3.05) is 19.4 Å². The van der Waals surface area contributed by atoms with E-state index in [1.165, 1.54) is 37.0 Å². The molecule has 2 rings (SSSR count). The van der Waals surface area contributed by atoms with Gasteiger partial charge in [-0.1, -0.05) is 23.7 Å². The lowest BCUT2D eigenvalue weighted by atomic mass is 10.2. The second kappa shape index (κ2) is 8.66. The van der Waals surface area contributed by atoms with Crippen LogP contribution >= 0.6 is 23.4 Å². The highest BCUT2D eigenvalue weighted by Crippen LogP contribution is 2.23. The molecule has 2 aromatic rings. The number of sulfonamides is 1. The van der Waals surface area contributed by atoms with Crippen molar-refractivity contribution in [3.63, 3.8) is 0 Å². The maximum absolute atomic E-state index is 13.5. The van der Waals surface area contributed by atoms with Gasteiger partial charge in [0.05, 0.1) is 10.6 Å². The third kappa shape index (κ3) is 5.18. The Morgan fingerprint density at radius 3 is 2.68 bits per heavy atom. The minimum absolute atomic E-state index is 0.000934. The number of thioether (sulfide) groups is 1. The molecule has 0 aliphatic rings. The van der Waals surface area contributed by atoms with E-state index in [0.29, 0.717) is 10.6 Å². The van der Waals surface area contributed by atoms with Crippen LogP contribution in [0.5, 0.6) is 0 Å². The van der Waals surface area contributed by atoms with Crippen molar-refractivity contribution in [2.45, 2.75) is 9.79 Å². The van der Waals surface area contributed by atoms with Gasteiger partial charge >= 0.3 is 5.97 Å². The molecule has 2 aromatic carbocycles. The number of hydrogen-bond acceptors (Lipinski definition) is 5. The number of esters is 1. The number of ether oxygens (including phenoxy) is 1. The molecule has 0 bridgehead atoms. The number of benzene rings is 2. The van der Waals surface area contributed by atoms with E-state index in [0.717, 1.165) is 6.07 Å². The summed E-state index contributed by atoms with van der Waals surface area (Å²) in [7, 11) is -2.54. The molecule has 0 aliphatic carbocycles. The Morgan fingerprint density at radius 2 is 2.00 bits per heavy atom. The van der Waals surface area contributed by atoms with E-state index in [1.54, 1.807) is 18.2 Å². The topological polar surface area (TPSA) is 72.5 Å². The smallest absolute Gasteiger partial charge is 0.338 e. The Bertz CT molecular complexity index is 874. The molecule has 0 saturated carbocycles. The number of halogens is 2. The molecular weight excluding hydrogens is 389 g/mol. The van der Waals surface area contributed by atoms with Gasteiger partial charge in [0.2, 0.25) is 10.0 Å². The molecule has 0 radical (unpaired) electrons. The zero-order valence-electron chi connectivity index (χ0n) is 13.2. The first-order chi connectivity index (χ1) is 11.8. The fourth-order valence-electron chi connectivity index (χ4n) is 1.88. The molecule has 0 unspecified atom stereocenters. The van der Waals surface area contributed by atoms with Crippen molar-refractivity contribution in [3.8, 4) is 0 Å². The monoisotopic (exact) mass is 403 g/mol. The standard InChI is InChI=1S/C16H15ClFNO4S2/c1-19-25(21,22)15-10-11(6-7-12(15)17)16(20)23-8-9-24-14-5-3-2-4-13(14)18/h2-7,10,19H,8-9H2,1H3. The van der Waals surface area contributed by atoms with Gasteiger partial charge in [-0.15, -0.1) is 11.8 Å². The van der Waals surface area contributed by atoms with Crippen LogP contribution in [-0.2, 0) is 14.8 Å². The zero-order chi connectivity index (χ0) is 18.4. The van der Waals surface area contributed by atoms with Gasteiger partial charge in [0, 0.05) is 10.6 Å². The van der Waals surface area contributed by atoms with Crippen molar-refractivity contribution < 1.29 is 22.3 Å². The molecule has 0 aliphatic heterocycles. The molecule has 5 nitrogen and oxygen atoms in total. The molecule has 9 heteroatoms. The number of carbonyl (C=O) groups excluding carboxylic acids is 1. The summed E-state index contributed by atoms with van der Waals surface area (Å²) < 4.78 is 44.4. The minimum Gasteiger partial charge on any atom is -0.461 e. The summed E-state index contributed by atoms with van der Waals surface area (Å²) in [6.45, 7) is 0.0502. The van der Waals surface area contributed by atoms with Crippen molar-refractivity contribution in [2.24, 2.45) is 0 Å². The molecule has 0 atom stereocenters. The molecule has 1 N–H and O–H groups in total. The van der Waals surface area contributed by atoms with Crippen LogP contribution in [0.3, 0.4) is 0 Å². The van der Waals surface area contributed by atoms with E-state index in [2.05, 4.69) is 4.72 Å². The number of rotatable bonds is 7. The third-order valence-electron chi connectivity index (χ3n) is 3.14. The summed E-state index contributed by atoms with van der Waals surface area (Å²) in [5, 5.41) is 0.000934. The minimum atomic E-state index is -3.79. The van der Waals surface area contributed by atoms with Crippen LogP contribution in [0.15, 0.2) is 52.3 Å². The summed E-state index contributed by atoms with van der Waals surface area (Å²) in [5.41, 5.74) is 0.0640. The highest BCUT2D eigenvalue weighted by Gasteiger charge is 2.19. The summed E-state index contributed by atoms with van der Waals surface area (Å²) in [6.07, 6.45) is 0. The average molecular weight is 404 g/mol. The van der Waals surface area contributed by atoms with Crippen LogP contribution in [0, 0.1) is 5.82 Å². The van der Waals surface area contributed by atoms with Crippen molar-refractivity contribution in [1.29, 1.82) is 0 Å². The summed E-state index contributed by atoms with van der Waals surface area (Å²) in [6, 6.07) is 10.1. The molecular formula is C16H15ClFNO4S2. The number of carbonyl (C=O) groups is 1. The summed E-state index contributed by atoms with van der Waals surface area (Å²) in [5.74, 6) is -0.654. The molecule has 0 spiro atoms. The summed E-state index contributed by atoms with van der Waals surface area (Å²) >= 11 is 7.08. The molecule has 0 saturated heterocycles. The predicted octanol–water partition coefficient (Wildman–Crippen LogP) is 3.34. The first-order valence-corrected chi connectivity index (χ1v) is 9.97. The van der Waals surface area contributed by atoms with E-state index in [1.807, 2.05) is 0 Å². The average Bonchev–Trinajstić information content (AvgIpc) is 2.60. The maximum atomic E-state index is 13.5. The van der Waals surface area contributed by atoms with Crippen LogP contribution in [0.25, 0.3) is 0 Å². The van der Waals surface area contributed by atoms with Gasteiger partial charge in [-0.25, -0.2) is 22.3 Å². The fraction of sp³-hybridized carbons (Fsp3) is 0.188. The fourth-order valence-corrected chi connectivity index (χ4v) is 3.89. The van der Waals surface area contributed by atoms with Gasteiger partial charge in [-0.05, 0) is 37.4 Å². The largest absolute Gasteiger partial charge is 0.461 e. The van der Waals surface area contributed by atoms with E-state index in [9.17, 15) is 17.6 Å². The Hall–Kier alpha value is -1.61. The molecule has 25 heavy (non-hydrogen) atoms. The van der Waals surface area contributed by atoms with Crippen LogP contribution < -0.4 is 4.72 Å². The SMILES string of the molecule is CNS(=O)(=O)c1cc(C(=O)OCCSc2ccccc2F)ccc1Cl. The van der Waals surface area contributed by atoms with Crippen LogP contribution in [0.4, 0.5) is 4.39 Å². The lowest BCUT2D eigenvalue weighted by Gasteiger charge is -2.08. The Morgan fingerprint density at radius 1 is 1.28 bits per heavy atom. The number of nitrogens with one attached hydrogen (secondary N) is 1. The Labute approximate surface area is 154 Å². The highest BCUT2D eigenvalue weighted by atomic mass is 35.5. The quantitative estimate of drug-likeness (QED) is 0.436. The third-order valence-corrected chi connectivity index (χ3v) is 6.04.